The molecule has 0 aliphatic heterocycles. The number of nitrogens with zero attached hydrogens (tertiary/aromatic N) is 1. The quantitative estimate of drug-likeness (QED) is 0.652. The van der Waals surface area contributed by atoms with E-state index in [1.807, 2.05) is 49.0 Å². The number of aromatic nitrogens is 1. The van der Waals surface area contributed by atoms with Crippen LogP contribution < -0.4 is 9.46 Å². The van der Waals surface area contributed by atoms with Crippen LogP contribution in [0.1, 0.15) is 24.2 Å². The van der Waals surface area contributed by atoms with Crippen molar-refractivity contribution < 1.29 is 18.3 Å². The Kier molecular flexibility index (Phi) is 5.55. The number of benzene rings is 2. The van der Waals surface area contributed by atoms with E-state index in [9.17, 15) is 13.5 Å². The largest absolute Gasteiger partial charge is 0.494 e. The molecule has 0 radical (unpaired) electrons. The maximum atomic E-state index is 12.5. The number of aliphatic hydroxyl groups is 1. The van der Waals surface area contributed by atoms with Crippen LogP contribution in [0.25, 0.3) is 10.9 Å². The fourth-order valence-corrected chi connectivity index (χ4v) is 4.13. The van der Waals surface area contributed by atoms with Gasteiger partial charge in [0.15, 0.2) is 0 Å². The van der Waals surface area contributed by atoms with Crippen LogP contribution in [-0.2, 0) is 17.1 Å². The summed E-state index contributed by atoms with van der Waals surface area (Å²) >= 11 is 0. The summed E-state index contributed by atoms with van der Waals surface area (Å²) < 4.78 is 35.0. The summed E-state index contributed by atoms with van der Waals surface area (Å²) in [6, 6.07) is 12.3. The van der Waals surface area contributed by atoms with Gasteiger partial charge in [-0.05, 0) is 66.8 Å². The van der Waals surface area contributed by atoms with Gasteiger partial charge in [-0.1, -0.05) is 6.07 Å². The lowest BCUT2D eigenvalue weighted by Crippen LogP contribution is -2.28. The molecule has 0 saturated carbocycles. The molecule has 144 valence electrons. The average Bonchev–Trinajstić information content (AvgIpc) is 3.02. The maximum Gasteiger partial charge on any atom is 0.240 e. The SMILES string of the molecule is CCOc1ccc(S(=O)(=O)NCC(O)c2ccc3c(ccn3C)c2)cc1C. The number of aryl methyl sites for hydroxylation is 2. The van der Waals surface area contributed by atoms with Crippen LogP contribution in [0.3, 0.4) is 0 Å². The highest BCUT2D eigenvalue weighted by atomic mass is 32.2. The Morgan fingerprint density at radius 1 is 1.19 bits per heavy atom. The molecule has 1 atom stereocenters. The molecule has 2 aromatic carbocycles. The smallest absolute Gasteiger partial charge is 0.240 e. The van der Waals surface area contributed by atoms with E-state index in [2.05, 4.69) is 4.72 Å². The second-order valence-corrected chi connectivity index (χ2v) is 8.24. The first-order chi connectivity index (χ1) is 12.8. The molecule has 0 aliphatic carbocycles. The zero-order valence-corrected chi connectivity index (χ0v) is 16.5. The third-order valence-electron chi connectivity index (χ3n) is 4.52. The Morgan fingerprint density at radius 2 is 1.96 bits per heavy atom. The van der Waals surface area contributed by atoms with Crippen molar-refractivity contribution in [3.05, 3.63) is 59.8 Å². The van der Waals surface area contributed by atoms with E-state index < -0.39 is 16.1 Å². The summed E-state index contributed by atoms with van der Waals surface area (Å²) in [5, 5.41) is 11.4. The van der Waals surface area contributed by atoms with Crippen LogP contribution >= 0.6 is 0 Å². The second kappa shape index (κ2) is 7.72. The van der Waals surface area contributed by atoms with Crippen LogP contribution in [-0.4, -0.2) is 31.2 Å². The molecule has 3 rings (SSSR count). The van der Waals surface area contributed by atoms with Crippen molar-refractivity contribution in [2.75, 3.05) is 13.2 Å². The Hall–Kier alpha value is -2.35. The number of nitrogens with one attached hydrogen (secondary N) is 1. The number of ether oxygens (including phenoxy) is 1. The molecule has 27 heavy (non-hydrogen) atoms. The molecule has 0 saturated heterocycles. The van der Waals surface area contributed by atoms with Gasteiger partial charge in [0, 0.05) is 25.3 Å². The van der Waals surface area contributed by atoms with E-state index in [1.165, 1.54) is 6.07 Å². The van der Waals surface area contributed by atoms with Gasteiger partial charge < -0.3 is 14.4 Å². The van der Waals surface area contributed by atoms with Crippen LogP contribution in [0, 0.1) is 6.92 Å². The standard InChI is InChI=1S/C20H24N2O4S/c1-4-26-20-8-6-17(11-14(20)2)27(24,25)21-13-19(23)16-5-7-18-15(12-16)9-10-22(18)3/h5-12,19,21,23H,4,13H2,1-3H3. The zero-order valence-electron chi connectivity index (χ0n) is 15.6. The third kappa shape index (κ3) is 4.16. The van der Waals surface area contributed by atoms with Gasteiger partial charge in [0.1, 0.15) is 5.75 Å². The van der Waals surface area contributed by atoms with Crippen LogP contribution in [0.4, 0.5) is 0 Å². The molecule has 0 bridgehead atoms. The van der Waals surface area contributed by atoms with Gasteiger partial charge in [-0.25, -0.2) is 13.1 Å². The summed E-state index contributed by atoms with van der Waals surface area (Å²) in [5.41, 5.74) is 2.46. The van der Waals surface area contributed by atoms with E-state index in [-0.39, 0.29) is 11.4 Å². The van der Waals surface area contributed by atoms with Crippen molar-refractivity contribution in [1.82, 2.24) is 9.29 Å². The number of fused-ring (bicyclic) bond motifs is 1. The molecule has 6 nitrogen and oxygen atoms in total. The van der Waals surface area contributed by atoms with Crippen molar-refractivity contribution in [3.8, 4) is 5.75 Å². The predicted molar refractivity (Wildman–Crippen MR) is 105 cm³/mol. The van der Waals surface area contributed by atoms with E-state index in [0.717, 1.165) is 16.5 Å². The van der Waals surface area contributed by atoms with Gasteiger partial charge in [-0.2, -0.15) is 0 Å². The minimum Gasteiger partial charge on any atom is -0.494 e. The molecule has 0 spiro atoms. The fourth-order valence-electron chi connectivity index (χ4n) is 3.00. The molecule has 1 heterocycles. The summed E-state index contributed by atoms with van der Waals surface area (Å²) in [6.07, 6.45) is 1.01. The first-order valence-corrected chi connectivity index (χ1v) is 10.3. The van der Waals surface area contributed by atoms with Gasteiger partial charge in [0.05, 0.1) is 17.6 Å². The number of hydrogen-bond acceptors (Lipinski definition) is 4. The molecule has 0 fully saturated rings. The normalized spacial score (nSPS) is 13.0. The van der Waals surface area contributed by atoms with Crippen LogP contribution in [0.5, 0.6) is 5.75 Å². The fraction of sp³-hybridized carbons (Fsp3) is 0.300. The van der Waals surface area contributed by atoms with E-state index >= 15 is 0 Å². The summed E-state index contributed by atoms with van der Waals surface area (Å²) in [6.45, 7) is 4.09. The third-order valence-corrected chi connectivity index (χ3v) is 5.94. The maximum absolute atomic E-state index is 12.5. The Balaban J connectivity index is 1.72. The van der Waals surface area contributed by atoms with Crippen molar-refractivity contribution in [2.45, 2.75) is 24.8 Å². The highest BCUT2D eigenvalue weighted by molar-refractivity contribution is 7.89. The highest BCUT2D eigenvalue weighted by Gasteiger charge is 2.18. The van der Waals surface area contributed by atoms with E-state index in [1.54, 1.807) is 19.1 Å². The molecule has 3 aromatic rings. The van der Waals surface area contributed by atoms with E-state index in [4.69, 9.17) is 4.74 Å². The van der Waals surface area contributed by atoms with Gasteiger partial charge in [0.25, 0.3) is 0 Å². The summed E-state index contributed by atoms with van der Waals surface area (Å²) in [5.74, 6) is 0.660. The molecule has 0 amide bonds. The molecule has 1 aromatic heterocycles. The van der Waals surface area contributed by atoms with Crippen LogP contribution in [0.15, 0.2) is 53.6 Å². The minimum atomic E-state index is -3.73. The lowest BCUT2D eigenvalue weighted by molar-refractivity contribution is 0.182. The van der Waals surface area contributed by atoms with Gasteiger partial charge in [-0.3, -0.25) is 0 Å². The minimum absolute atomic E-state index is 0.104. The zero-order chi connectivity index (χ0) is 19.6. The van der Waals surface area contributed by atoms with Gasteiger partial charge in [-0.15, -0.1) is 0 Å². The van der Waals surface area contributed by atoms with Crippen molar-refractivity contribution in [3.63, 3.8) is 0 Å². The number of sulfonamides is 1. The van der Waals surface area contributed by atoms with Crippen molar-refractivity contribution in [2.24, 2.45) is 7.05 Å². The molecule has 7 heteroatoms. The van der Waals surface area contributed by atoms with Crippen molar-refractivity contribution >= 4 is 20.9 Å². The predicted octanol–water partition coefficient (Wildman–Crippen LogP) is 2.90. The molecule has 2 N–H and O–H groups in total. The second-order valence-electron chi connectivity index (χ2n) is 6.47. The van der Waals surface area contributed by atoms with E-state index in [0.29, 0.717) is 17.9 Å². The highest BCUT2D eigenvalue weighted by Crippen LogP contribution is 2.23. The topological polar surface area (TPSA) is 80.6 Å². The van der Waals surface area contributed by atoms with Crippen molar-refractivity contribution in [1.29, 1.82) is 0 Å². The first kappa shape index (κ1) is 19.4. The Labute approximate surface area is 159 Å². The summed E-state index contributed by atoms with van der Waals surface area (Å²) in [4.78, 5) is 0.147. The van der Waals surface area contributed by atoms with Gasteiger partial charge >= 0.3 is 0 Å². The lowest BCUT2D eigenvalue weighted by Gasteiger charge is -2.14. The number of rotatable bonds is 7. The first-order valence-electron chi connectivity index (χ1n) is 8.78. The summed E-state index contributed by atoms with van der Waals surface area (Å²) in [7, 11) is -1.78. The molecular formula is C20H24N2O4S. The molecule has 0 aliphatic rings. The van der Waals surface area contributed by atoms with Crippen LogP contribution in [0.2, 0.25) is 0 Å². The number of aliphatic hydroxyl groups excluding tert-OH is 1. The Morgan fingerprint density at radius 3 is 2.67 bits per heavy atom. The Bertz CT molecular complexity index is 1060. The number of hydrogen-bond donors (Lipinski definition) is 2. The van der Waals surface area contributed by atoms with Gasteiger partial charge in [0.2, 0.25) is 10.0 Å². The monoisotopic (exact) mass is 388 g/mol. The average molecular weight is 388 g/mol. The molecule has 1 unspecified atom stereocenters. The lowest BCUT2D eigenvalue weighted by atomic mass is 10.1. The molecular weight excluding hydrogens is 364 g/mol.